The molecule has 29 heavy (non-hydrogen) atoms. The lowest BCUT2D eigenvalue weighted by Crippen LogP contribution is -2.60. The smallest absolute Gasteiger partial charge is 0.272 e. The molecule has 158 valence electrons. The minimum atomic E-state index is -0.0470. The van der Waals surface area contributed by atoms with Gasteiger partial charge in [0.15, 0.2) is 5.69 Å². The largest absolute Gasteiger partial charge is 0.378 e. The van der Waals surface area contributed by atoms with E-state index in [1.807, 2.05) is 22.9 Å². The van der Waals surface area contributed by atoms with E-state index in [1.165, 1.54) is 12.8 Å². The third-order valence-electron chi connectivity index (χ3n) is 6.61. The van der Waals surface area contributed by atoms with Crippen molar-refractivity contribution in [3.05, 3.63) is 30.0 Å². The van der Waals surface area contributed by atoms with E-state index >= 15 is 0 Å². The summed E-state index contributed by atoms with van der Waals surface area (Å²) < 4.78 is 7.81. The van der Waals surface area contributed by atoms with Gasteiger partial charge in [0.25, 0.3) is 5.91 Å². The van der Waals surface area contributed by atoms with Crippen LogP contribution in [-0.4, -0.2) is 58.5 Å². The Kier molecular flexibility index (Phi) is 6.20. The summed E-state index contributed by atoms with van der Waals surface area (Å²) in [5, 5.41) is 8.97. The first-order valence-electron chi connectivity index (χ1n) is 11.2. The molecule has 0 aliphatic carbocycles. The number of benzene rings is 1. The molecule has 6 nitrogen and oxygen atoms in total. The van der Waals surface area contributed by atoms with Gasteiger partial charge in [0, 0.05) is 29.6 Å². The number of hydrogen-bond acceptors (Lipinski definition) is 4. The molecule has 1 unspecified atom stereocenters. The van der Waals surface area contributed by atoms with Crippen LogP contribution in [0.4, 0.5) is 0 Å². The van der Waals surface area contributed by atoms with Gasteiger partial charge < -0.3 is 10.1 Å². The van der Waals surface area contributed by atoms with Crippen LogP contribution in [0.5, 0.6) is 0 Å². The summed E-state index contributed by atoms with van der Waals surface area (Å²) in [6.45, 7) is 9.22. The van der Waals surface area contributed by atoms with Gasteiger partial charge >= 0.3 is 0 Å². The van der Waals surface area contributed by atoms with Crippen LogP contribution in [0.15, 0.2) is 24.3 Å². The van der Waals surface area contributed by atoms with Crippen LogP contribution in [-0.2, 0) is 4.74 Å². The topological polar surface area (TPSA) is 59.4 Å². The molecule has 2 aromatic rings. The summed E-state index contributed by atoms with van der Waals surface area (Å²) in [4.78, 5) is 15.8. The number of aromatic nitrogens is 2. The monoisotopic (exact) mass is 398 g/mol. The maximum Gasteiger partial charge on any atom is 0.272 e. The molecular formula is C23H34N4O2. The molecule has 2 bridgehead atoms. The Balaban J connectivity index is 1.50. The third-order valence-corrected chi connectivity index (χ3v) is 6.61. The van der Waals surface area contributed by atoms with E-state index < -0.39 is 0 Å². The Morgan fingerprint density at radius 2 is 1.97 bits per heavy atom. The number of para-hydroxylation sites is 1. The number of amides is 1. The van der Waals surface area contributed by atoms with Crippen molar-refractivity contribution in [2.75, 3.05) is 19.8 Å². The molecule has 0 radical (unpaired) electrons. The van der Waals surface area contributed by atoms with Gasteiger partial charge in [0.2, 0.25) is 0 Å². The van der Waals surface area contributed by atoms with Gasteiger partial charge in [-0.3, -0.25) is 14.4 Å². The maximum atomic E-state index is 13.2. The highest BCUT2D eigenvalue weighted by Crippen LogP contribution is 2.29. The SMILES string of the molecule is CCCCN1[C@H]2COC[C@H]1CC(NC(=O)c1nn(C(C)CC)c3ccccc13)C2. The minimum absolute atomic E-state index is 0.0470. The average Bonchev–Trinajstić information content (AvgIpc) is 3.11. The quantitative estimate of drug-likeness (QED) is 0.771. The van der Waals surface area contributed by atoms with E-state index in [-0.39, 0.29) is 18.0 Å². The predicted octanol–water partition coefficient (Wildman–Crippen LogP) is 3.77. The van der Waals surface area contributed by atoms with Gasteiger partial charge in [-0.15, -0.1) is 0 Å². The van der Waals surface area contributed by atoms with Crippen molar-refractivity contribution < 1.29 is 9.53 Å². The van der Waals surface area contributed by atoms with Crippen molar-refractivity contribution in [1.82, 2.24) is 20.0 Å². The second kappa shape index (κ2) is 8.84. The number of morpholine rings is 1. The molecule has 2 aliphatic rings. The Hall–Kier alpha value is -1.92. The summed E-state index contributed by atoms with van der Waals surface area (Å²) in [6.07, 6.45) is 5.32. The highest BCUT2D eigenvalue weighted by molar-refractivity contribution is 6.05. The van der Waals surface area contributed by atoms with Crippen molar-refractivity contribution in [2.45, 2.75) is 77.0 Å². The molecule has 1 aromatic heterocycles. The van der Waals surface area contributed by atoms with Crippen LogP contribution in [0.25, 0.3) is 10.9 Å². The molecule has 1 amide bonds. The molecule has 1 aromatic carbocycles. The molecule has 3 atom stereocenters. The number of hydrogen-bond donors (Lipinski definition) is 1. The van der Waals surface area contributed by atoms with Gasteiger partial charge in [0.1, 0.15) is 0 Å². The first-order chi connectivity index (χ1) is 14.1. The molecule has 2 fully saturated rings. The fourth-order valence-electron chi connectivity index (χ4n) is 4.83. The number of nitrogens with zero attached hydrogens (tertiary/aromatic N) is 3. The first kappa shape index (κ1) is 20.4. The molecule has 6 heteroatoms. The van der Waals surface area contributed by atoms with E-state index in [9.17, 15) is 4.79 Å². The van der Waals surface area contributed by atoms with Gasteiger partial charge in [-0.2, -0.15) is 5.10 Å². The molecule has 2 saturated heterocycles. The van der Waals surface area contributed by atoms with Crippen LogP contribution >= 0.6 is 0 Å². The molecule has 0 spiro atoms. The first-order valence-corrected chi connectivity index (χ1v) is 11.2. The number of carbonyl (C=O) groups is 1. The number of ether oxygens (including phenoxy) is 1. The normalized spacial score (nSPS) is 25.8. The molecule has 2 aliphatic heterocycles. The Morgan fingerprint density at radius 3 is 2.66 bits per heavy atom. The predicted molar refractivity (Wildman–Crippen MR) is 115 cm³/mol. The van der Waals surface area contributed by atoms with Gasteiger partial charge in [-0.1, -0.05) is 38.5 Å². The second-order valence-electron chi connectivity index (χ2n) is 8.65. The third kappa shape index (κ3) is 4.05. The number of carbonyl (C=O) groups excluding carboxylic acids is 1. The molecule has 0 saturated carbocycles. The summed E-state index contributed by atoms with van der Waals surface area (Å²) in [7, 11) is 0. The number of nitrogens with one attached hydrogen (secondary N) is 1. The Morgan fingerprint density at radius 1 is 1.24 bits per heavy atom. The lowest BCUT2D eigenvalue weighted by molar-refractivity contribution is -0.0802. The van der Waals surface area contributed by atoms with Crippen molar-refractivity contribution in [3.8, 4) is 0 Å². The Labute approximate surface area is 173 Å². The second-order valence-corrected chi connectivity index (χ2v) is 8.65. The highest BCUT2D eigenvalue weighted by Gasteiger charge is 2.39. The summed E-state index contributed by atoms with van der Waals surface area (Å²) in [5.74, 6) is -0.0470. The minimum Gasteiger partial charge on any atom is -0.378 e. The summed E-state index contributed by atoms with van der Waals surface area (Å²) in [6, 6.07) is 9.33. The fraction of sp³-hybridized carbons (Fsp3) is 0.652. The lowest BCUT2D eigenvalue weighted by atomic mass is 9.89. The molecular weight excluding hydrogens is 364 g/mol. The average molecular weight is 399 g/mol. The zero-order valence-electron chi connectivity index (χ0n) is 17.9. The number of unbranched alkanes of at least 4 members (excludes halogenated alkanes) is 1. The van der Waals surface area contributed by atoms with Crippen LogP contribution in [0.2, 0.25) is 0 Å². The van der Waals surface area contributed by atoms with E-state index in [1.54, 1.807) is 0 Å². The zero-order valence-corrected chi connectivity index (χ0v) is 17.9. The lowest BCUT2D eigenvalue weighted by Gasteiger charge is -2.48. The molecule has 4 rings (SSSR count). The van der Waals surface area contributed by atoms with Crippen molar-refractivity contribution in [1.29, 1.82) is 0 Å². The van der Waals surface area contributed by atoms with E-state index in [0.717, 1.165) is 49.9 Å². The standard InChI is InChI=1S/C23H34N4O2/c1-4-6-11-26-18-12-17(13-19(26)15-29-14-18)24-23(28)22-20-9-7-8-10-21(20)27(25-22)16(3)5-2/h7-10,16-19H,4-6,11-15H2,1-3H3,(H,24,28)/t16?,18-,19-/m1/s1. The van der Waals surface area contributed by atoms with Crippen molar-refractivity contribution >= 4 is 16.8 Å². The number of piperidine rings is 1. The molecule has 1 N–H and O–H groups in total. The van der Waals surface area contributed by atoms with Gasteiger partial charge in [0.05, 0.1) is 18.7 Å². The maximum absolute atomic E-state index is 13.2. The number of rotatable bonds is 7. The number of fused-ring (bicyclic) bond motifs is 3. The van der Waals surface area contributed by atoms with Crippen LogP contribution in [0, 0.1) is 0 Å². The highest BCUT2D eigenvalue weighted by atomic mass is 16.5. The fourth-order valence-corrected chi connectivity index (χ4v) is 4.83. The molecule has 3 heterocycles. The van der Waals surface area contributed by atoms with E-state index in [0.29, 0.717) is 17.8 Å². The summed E-state index contributed by atoms with van der Waals surface area (Å²) in [5.41, 5.74) is 1.59. The summed E-state index contributed by atoms with van der Waals surface area (Å²) >= 11 is 0. The van der Waals surface area contributed by atoms with E-state index in [2.05, 4.69) is 37.1 Å². The van der Waals surface area contributed by atoms with Crippen LogP contribution in [0.3, 0.4) is 0 Å². The van der Waals surface area contributed by atoms with Gasteiger partial charge in [-0.25, -0.2) is 0 Å². The van der Waals surface area contributed by atoms with Crippen molar-refractivity contribution in [2.24, 2.45) is 0 Å². The van der Waals surface area contributed by atoms with Crippen LogP contribution < -0.4 is 5.32 Å². The van der Waals surface area contributed by atoms with Crippen LogP contribution in [0.1, 0.15) is 69.4 Å². The van der Waals surface area contributed by atoms with Gasteiger partial charge in [-0.05, 0) is 45.2 Å². The van der Waals surface area contributed by atoms with Crippen molar-refractivity contribution in [3.63, 3.8) is 0 Å². The Bertz CT molecular complexity index is 835. The zero-order chi connectivity index (χ0) is 20.4. The van der Waals surface area contributed by atoms with E-state index in [4.69, 9.17) is 9.84 Å².